The smallest absolute Gasteiger partial charge is 0.293 e. The molecule has 0 aromatic heterocycles. The number of nitrogens with zero attached hydrogens (tertiary/aromatic N) is 3. The van der Waals surface area contributed by atoms with Crippen molar-refractivity contribution < 1.29 is 28.9 Å². The van der Waals surface area contributed by atoms with Gasteiger partial charge in [-0.1, -0.05) is 18.2 Å². The molecule has 2 amide bonds. The maximum Gasteiger partial charge on any atom is 0.293 e. The average molecular weight is 661 g/mol. The highest BCUT2D eigenvalue weighted by Crippen LogP contribution is 2.38. The van der Waals surface area contributed by atoms with Crippen LogP contribution < -0.4 is 9.47 Å². The van der Waals surface area contributed by atoms with E-state index in [0.717, 1.165) is 22.2 Å². The van der Waals surface area contributed by atoms with Crippen LogP contribution in [-0.2, 0) is 17.9 Å². The number of hydrogen-bond acceptors (Lipinski definition) is 9. The van der Waals surface area contributed by atoms with Crippen LogP contribution in [0.4, 0.5) is 16.2 Å². The number of ether oxygens (including phenoxy) is 2. The molecular formula is C26H20IN3O8S. The molecule has 3 aromatic carbocycles. The van der Waals surface area contributed by atoms with Crippen LogP contribution in [0.5, 0.6) is 11.5 Å². The molecule has 11 nitrogen and oxygen atoms in total. The van der Waals surface area contributed by atoms with Gasteiger partial charge < -0.3 is 9.47 Å². The maximum atomic E-state index is 13.0. The zero-order chi connectivity index (χ0) is 28.1. The Balaban J connectivity index is 1.55. The summed E-state index contributed by atoms with van der Waals surface area (Å²) in [6, 6.07) is 15.4. The predicted octanol–water partition coefficient (Wildman–Crippen LogP) is 6.32. The Hall–Kier alpha value is -3.98. The summed E-state index contributed by atoms with van der Waals surface area (Å²) in [5.74, 6) is 0.351. The van der Waals surface area contributed by atoms with Crippen molar-refractivity contribution in [2.45, 2.75) is 20.1 Å². The van der Waals surface area contributed by atoms with Crippen LogP contribution in [0, 0.1) is 23.8 Å². The van der Waals surface area contributed by atoms with E-state index in [-0.39, 0.29) is 35.0 Å². The monoisotopic (exact) mass is 661 g/mol. The van der Waals surface area contributed by atoms with Gasteiger partial charge in [0.05, 0.1) is 31.5 Å². The third kappa shape index (κ3) is 6.54. The molecule has 0 aliphatic carbocycles. The molecule has 3 aromatic rings. The Morgan fingerprint density at radius 3 is 2.38 bits per heavy atom. The summed E-state index contributed by atoms with van der Waals surface area (Å²) in [4.78, 5) is 48.0. The Morgan fingerprint density at radius 1 is 1.00 bits per heavy atom. The second-order valence-corrected chi connectivity index (χ2v) is 10.3. The topological polar surface area (TPSA) is 142 Å². The number of rotatable bonds is 10. The van der Waals surface area contributed by atoms with Gasteiger partial charge in [-0.05, 0) is 82.7 Å². The van der Waals surface area contributed by atoms with Crippen molar-refractivity contribution in [3.8, 4) is 11.5 Å². The lowest BCUT2D eigenvalue weighted by Crippen LogP contribution is -2.27. The van der Waals surface area contributed by atoms with Crippen molar-refractivity contribution in [1.82, 2.24) is 4.90 Å². The summed E-state index contributed by atoms with van der Waals surface area (Å²) in [6.07, 6.45) is 1.56. The number of imide groups is 1. The van der Waals surface area contributed by atoms with Gasteiger partial charge in [0, 0.05) is 23.8 Å². The van der Waals surface area contributed by atoms with Gasteiger partial charge in [-0.15, -0.1) is 0 Å². The van der Waals surface area contributed by atoms with Crippen LogP contribution in [0.15, 0.2) is 65.6 Å². The van der Waals surface area contributed by atoms with Gasteiger partial charge in [0.1, 0.15) is 6.61 Å². The first kappa shape index (κ1) is 28.0. The van der Waals surface area contributed by atoms with E-state index in [9.17, 15) is 29.8 Å². The Morgan fingerprint density at radius 2 is 1.72 bits per heavy atom. The summed E-state index contributed by atoms with van der Waals surface area (Å²) < 4.78 is 12.4. The van der Waals surface area contributed by atoms with Gasteiger partial charge in [-0.2, -0.15) is 0 Å². The molecule has 200 valence electrons. The summed E-state index contributed by atoms with van der Waals surface area (Å²) >= 11 is 2.83. The molecule has 1 fully saturated rings. The number of nitro benzene ring substituents is 2. The van der Waals surface area contributed by atoms with Crippen LogP contribution in [0.2, 0.25) is 0 Å². The fraction of sp³-hybridized carbons (Fsp3) is 0.154. The molecule has 0 saturated carbocycles. The summed E-state index contributed by atoms with van der Waals surface area (Å²) in [5.41, 5.74) is 1.41. The molecule has 1 aliphatic heterocycles. The van der Waals surface area contributed by atoms with Crippen molar-refractivity contribution in [1.29, 1.82) is 0 Å². The number of carbonyl (C=O) groups excluding carboxylic acids is 2. The van der Waals surface area contributed by atoms with E-state index in [2.05, 4.69) is 22.6 Å². The Bertz CT molecular complexity index is 1490. The van der Waals surface area contributed by atoms with Crippen LogP contribution in [0.25, 0.3) is 6.08 Å². The molecule has 13 heteroatoms. The number of hydrogen-bond donors (Lipinski definition) is 0. The number of benzene rings is 3. The Labute approximate surface area is 240 Å². The first-order valence-corrected chi connectivity index (χ1v) is 13.4. The lowest BCUT2D eigenvalue weighted by atomic mass is 10.1. The summed E-state index contributed by atoms with van der Waals surface area (Å²) in [6.45, 7) is 2.10. The standard InChI is InChI=1S/C26H20IN3O8S/c1-2-37-22-12-17(11-20(27)24(22)38-15-16-7-9-19(10-8-16)29(33)34)13-23-25(31)28(26(32)39-23)14-18-5-3-4-6-21(18)30(35)36/h3-13H,2,14-15H2,1H3/b23-13-. The fourth-order valence-electron chi connectivity index (χ4n) is 3.72. The third-order valence-corrected chi connectivity index (χ3v) is 7.26. The molecule has 0 N–H and O–H groups in total. The SMILES string of the molecule is CCOc1cc(/C=C2\SC(=O)N(Cc3ccccc3[N+](=O)[O-])C2=O)cc(I)c1OCc1ccc([N+](=O)[O-])cc1. The molecule has 0 atom stereocenters. The lowest BCUT2D eigenvalue weighted by Gasteiger charge is -2.15. The minimum Gasteiger partial charge on any atom is -0.490 e. The highest BCUT2D eigenvalue weighted by Gasteiger charge is 2.36. The van der Waals surface area contributed by atoms with E-state index >= 15 is 0 Å². The van der Waals surface area contributed by atoms with Crippen molar-refractivity contribution >= 4 is 62.9 Å². The molecule has 1 heterocycles. The summed E-state index contributed by atoms with van der Waals surface area (Å²) in [7, 11) is 0. The van der Waals surface area contributed by atoms with Gasteiger partial charge in [-0.3, -0.25) is 34.7 Å². The first-order valence-electron chi connectivity index (χ1n) is 11.5. The molecule has 1 aliphatic rings. The maximum absolute atomic E-state index is 13.0. The zero-order valence-electron chi connectivity index (χ0n) is 20.4. The minimum atomic E-state index is -0.549. The van der Waals surface area contributed by atoms with Crippen molar-refractivity contribution in [3.05, 3.63) is 106 Å². The quantitative estimate of drug-likeness (QED) is 0.106. The molecule has 4 rings (SSSR count). The molecule has 39 heavy (non-hydrogen) atoms. The fourth-order valence-corrected chi connectivity index (χ4v) is 5.34. The average Bonchev–Trinajstić information content (AvgIpc) is 3.16. The van der Waals surface area contributed by atoms with E-state index in [0.29, 0.717) is 27.2 Å². The van der Waals surface area contributed by atoms with Crippen molar-refractivity contribution in [2.24, 2.45) is 0 Å². The van der Waals surface area contributed by atoms with Crippen LogP contribution in [0.1, 0.15) is 23.6 Å². The molecule has 1 saturated heterocycles. The number of nitro groups is 2. The Kier molecular flexibility index (Phi) is 8.81. The normalized spacial score (nSPS) is 14.1. The van der Waals surface area contributed by atoms with Gasteiger partial charge in [0.2, 0.25) is 0 Å². The predicted molar refractivity (Wildman–Crippen MR) is 152 cm³/mol. The summed E-state index contributed by atoms with van der Waals surface area (Å²) in [5, 5.41) is 21.7. The number of carbonyl (C=O) groups is 2. The third-order valence-electron chi connectivity index (χ3n) is 5.55. The van der Waals surface area contributed by atoms with Gasteiger partial charge in [0.25, 0.3) is 22.5 Å². The van der Waals surface area contributed by atoms with Crippen LogP contribution >= 0.6 is 34.4 Å². The molecule has 0 spiro atoms. The highest BCUT2D eigenvalue weighted by molar-refractivity contribution is 14.1. The van der Waals surface area contributed by atoms with Gasteiger partial charge in [0.15, 0.2) is 11.5 Å². The molecule has 0 unspecified atom stereocenters. The lowest BCUT2D eigenvalue weighted by molar-refractivity contribution is -0.385. The number of amides is 2. The number of halogens is 1. The van der Waals surface area contributed by atoms with E-state index in [1.54, 1.807) is 36.4 Å². The van der Waals surface area contributed by atoms with Crippen molar-refractivity contribution in [3.63, 3.8) is 0 Å². The number of para-hydroxylation sites is 1. The van der Waals surface area contributed by atoms with Gasteiger partial charge >= 0.3 is 0 Å². The molecule has 0 radical (unpaired) electrons. The van der Waals surface area contributed by atoms with E-state index in [1.807, 2.05) is 6.92 Å². The number of non-ortho nitro benzene ring substituents is 1. The largest absolute Gasteiger partial charge is 0.490 e. The molecule has 0 bridgehead atoms. The van der Waals surface area contributed by atoms with Crippen LogP contribution in [0.3, 0.4) is 0 Å². The van der Waals surface area contributed by atoms with E-state index in [1.165, 1.54) is 30.3 Å². The highest BCUT2D eigenvalue weighted by atomic mass is 127. The second-order valence-electron chi connectivity index (χ2n) is 8.13. The second kappa shape index (κ2) is 12.3. The number of thioether (sulfide) groups is 1. The first-order chi connectivity index (χ1) is 18.7. The van der Waals surface area contributed by atoms with E-state index < -0.39 is 21.0 Å². The minimum absolute atomic E-state index is 0.0147. The van der Waals surface area contributed by atoms with Gasteiger partial charge in [-0.25, -0.2) is 0 Å². The zero-order valence-corrected chi connectivity index (χ0v) is 23.3. The van der Waals surface area contributed by atoms with Crippen LogP contribution in [-0.4, -0.2) is 32.5 Å². The van der Waals surface area contributed by atoms with Crippen molar-refractivity contribution in [2.75, 3.05) is 6.61 Å². The molecular weight excluding hydrogens is 641 g/mol. The van der Waals surface area contributed by atoms with E-state index in [4.69, 9.17) is 9.47 Å².